The Bertz CT molecular complexity index is 676. The summed E-state index contributed by atoms with van der Waals surface area (Å²) in [5, 5.41) is 9.66. The molecule has 2 aromatic carbocycles. The Labute approximate surface area is 139 Å². The predicted molar refractivity (Wildman–Crippen MR) is 94.5 cm³/mol. The van der Waals surface area contributed by atoms with Crippen LogP contribution in [0.2, 0.25) is 0 Å². The summed E-state index contributed by atoms with van der Waals surface area (Å²) in [5.74, 6) is 1.92. The zero-order chi connectivity index (χ0) is 16.2. The molecule has 2 aromatic rings. The first-order chi connectivity index (χ1) is 11.2. The molecule has 0 saturated carbocycles. The molecular weight excluding hydrogens is 284 g/mol. The third kappa shape index (κ3) is 3.52. The maximum atomic E-state index is 9.66. The monoisotopic (exact) mass is 310 g/mol. The number of phenolic OH excluding ortho intramolecular Hbond substituents is 1. The normalized spacial score (nSPS) is 16.9. The molecule has 0 fully saturated rings. The first kappa shape index (κ1) is 15.9. The Kier molecular flexibility index (Phi) is 4.90. The van der Waals surface area contributed by atoms with Crippen LogP contribution in [0.4, 0.5) is 0 Å². The van der Waals surface area contributed by atoms with Gasteiger partial charge in [-0.05, 0) is 84.5 Å². The second-order valence-electron chi connectivity index (χ2n) is 6.56. The molecule has 0 amide bonds. The second-order valence-corrected chi connectivity index (χ2v) is 6.56. The fourth-order valence-electron chi connectivity index (χ4n) is 3.70. The van der Waals surface area contributed by atoms with E-state index in [2.05, 4.69) is 31.2 Å². The van der Waals surface area contributed by atoms with Gasteiger partial charge in [-0.3, -0.25) is 0 Å². The molecule has 1 N–H and O–H groups in total. The van der Waals surface area contributed by atoms with Gasteiger partial charge in [-0.1, -0.05) is 25.5 Å². The summed E-state index contributed by atoms with van der Waals surface area (Å²) in [7, 11) is 1.74. The van der Waals surface area contributed by atoms with E-state index in [0.29, 0.717) is 11.7 Å². The van der Waals surface area contributed by atoms with Gasteiger partial charge in [-0.15, -0.1) is 0 Å². The standard InChI is InChI=1S/C21H26O2/c1-3-4-5-17-14-20(23-2)10-11-21(17)18-7-6-16-13-19(22)9-8-15(16)12-18/h8-11,13-14,18,22H,3-7,12H2,1-2H3. The minimum Gasteiger partial charge on any atom is -0.508 e. The van der Waals surface area contributed by atoms with Gasteiger partial charge in [0, 0.05) is 0 Å². The summed E-state index contributed by atoms with van der Waals surface area (Å²) >= 11 is 0. The number of hydrogen-bond acceptors (Lipinski definition) is 2. The largest absolute Gasteiger partial charge is 0.508 e. The highest BCUT2D eigenvalue weighted by molar-refractivity contribution is 5.42. The number of hydrogen-bond donors (Lipinski definition) is 1. The first-order valence-corrected chi connectivity index (χ1v) is 8.68. The molecule has 0 bridgehead atoms. The van der Waals surface area contributed by atoms with Crippen LogP contribution in [-0.4, -0.2) is 12.2 Å². The van der Waals surface area contributed by atoms with Gasteiger partial charge in [-0.2, -0.15) is 0 Å². The number of rotatable bonds is 5. The van der Waals surface area contributed by atoms with Crippen molar-refractivity contribution >= 4 is 0 Å². The molecule has 1 atom stereocenters. The van der Waals surface area contributed by atoms with Crippen LogP contribution in [0.1, 0.15) is 54.4 Å². The Morgan fingerprint density at radius 2 is 2.00 bits per heavy atom. The third-order valence-corrected chi connectivity index (χ3v) is 5.01. The molecule has 2 nitrogen and oxygen atoms in total. The van der Waals surface area contributed by atoms with E-state index >= 15 is 0 Å². The van der Waals surface area contributed by atoms with Crippen LogP contribution in [0.15, 0.2) is 36.4 Å². The number of fused-ring (bicyclic) bond motifs is 1. The van der Waals surface area contributed by atoms with E-state index in [4.69, 9.17) is 4.74 Å². The molecule has 122 valence electrons. The molecule has 0 aliphatic heterocycles. The van der Waals surface area contributed by atoms with Crippen LogP contribution >= 0.6 is 0 Å². The second kappa shape index (κ2) is 7.08. The lowest BCUT2D eigenvalue weighted by atomic mass is 9.78. The van der Waals surface area contributed by atoms with E-state index in [1.807, 2.05) is 12.1 Å². The predicted octanol–water partition coefficient (Wildman–Crippen LogP) is 5.02. The van der Waals surface area contributed by atoms with Crippen molar-refractivity contribution in [3.8, 4) is 11.5 Å². The fourth-order valence-corrected chi connectivity index (χ4v) is 3.70. The van der Waals surface area contributed by atoms with Gasteiger partial charge in [0.25, 0.3) is 0 Å². The highest BCUT2D eigenvalue weighted by Gasteiger charge is 2.22. The quantitative estimate of drug-likeness (QED) is 0.840. The number of phenols is 1. The average molecular weight is 310 g/mol. The Balaban J connectivity index is 1.88. The van der Waals surface area contributed by atoms with E-state index in [-0.39, 0.29) is 0 Å². The van der Waals surface area contributed by atoms with Crippen molar-refractivity contribution < 1.29 is 9.84 Å². The molecule has 0 spiro atoms. The van der Waals surface area contributed by atoms with Crippen molar-refractivity contribution in [3.05, 3.63) is 58.7 Å². The van der Waals surface area contributed by atoms with E-state index in [0.717, 1.165) is 31.4 Å². The SMILES string of the molecule is CCCCc1cc(OC)ccc1C1CCc2cc(O)ccc2C1. The highest BCUT2D eigenvalue weighted by Crippen LogP contribution is 2.36. The zero-order valence-electron chi connectivity index (χ0n) is 14.1. The number of aryl methyl sites for hydroxylation is 2. The Morgan fingerprint density at radius 3 is 2.78 bits per heavy atom. The van der Waals surface area contributed by atoms with Crippen molar-refractivity contribution in [3.63, 3.8) is 0 Å². The molecule has 3 rings (SSSR count). The van der Waals surface area contributed by atoms with Crippen LogP contribution in [0, 0.1) is 0 Å². The lowest BCUT2D eigenvalue weighted by Gasteiger charge is -2.27. The van der Waals surface area contributed by atoms with Crippen molar-refractivity contribution in [1.29, 1.82) is 0 Å². The number of ether oxygens (including phenoxy) is 1. The summed E-state index contributed by atoms with van der Waals surface area (Å²) in [6.45, 7) is 2.24. The van der Waals surface area contributed by atoms with Crippen LogP contribution in [0.3, 0.4) is 0 Å². The molecule has 23 heavy (non-hydrogen) atoms. The van der Waals surface area contributed by atoms with E-state index in [9.17, 15) is 5.11 Å². The molecule has 1 unspecified atom stereocenters. The van der Waals surface area contributed by atoms with E-state index in [1.54, 1.807) is 7.11 Å². The van der Waals surface area contributed by atoms with Gasteiger partial charge in [0.2, 0.25) is 0 Å². The van der Waals surface area contributed by atoms with Crippen LogP contribution < -0.4 is 4.74 Å². The first-order valence-electron chi connectivity index (χ1n) is 8.68. The maximum Gasteiger partial charge on any atom is 0.119 e. The summed E-state index contributed by atoms with van der Waals surface area (Å²) < 4.78 is 5.42. The molecule has 1 aliphatic carbocycles. The van der Waals surface area contributed by atoms with E-state index < -0.39 is 0 Å². The minimum absolute atomic E-state index is 0.385. The Morgan fingerprint density at radius 1 is 1.13 bits per heavy atom. The smallest absolute Gasteiger partial charge is 0.119 e. The van der Waals surface area contributed by atoms with E-state index in [1.165, 1.54) is 35.1 Å². The molecular formula is C21H26O2. The molecule has 2 heteroatoms. The van der Waals surface area contributed by atoms with Gasteiger partial charge in [-0.25, -0.2) is 0 Å². The van der Waals surface area contributed by atoms with Crippen LogP contribution in [0.25, 0.3) is 0 Å². The van der Waals surface area contributed by atoms with Gasteiger partial charge in [0.15, 0.2) is 0 Å². The number of unbranched alkanes of at least 4 members (excludes halogenated alkanes) is 1. The average Bonchev–Trinajstić information content (AvgIpc) is 2.59. The number of aromatic hydroxyl groups is 1. The minimum atomic E-state index is 0.385. The van der Waals surface area contributed by atoms with Crippen molar-refractivity contribution in [1.82, 2.24) is 0 Å². The zero-order valence-corrected chi connectivity index (χ0v) is 14.1. The highest BCUT2D eigenvalue weighted by atomic mass is 16.5. The summed E-state index contributed by atoms with van der Waals surface area (Å²) in [4.78, 5) is 0. The van der Waals surface area contributed by atoms with Crippen molar-refractivity contribution in [2.45, 2.75) is 51.4 Å². The molecule has 0 radical (unpaired) electrons. The molecule has 0 saturated heterocycles. The third-order valence-electron chi connectivity index (χ3n) is 5.01. The number of benzene rings is 2. The fraction of sp³-hybridized carbons (Fsp3) is 0.429. The van der Waals surface area contributed by atoms with Crippen LogP contribution in [-0.2, 0) is 19.3 Å². The van der Waals surface area contributed by atoms with Gasteiger partial charge in [0.05, 0.1) is 7.11 Å². The molecule has 0 heterocycles. The van der Waals surface area contributed by atoms with Crippen LogP contribution in [0.5, 0.6) is 11.5 Å². The lowest BCUT2D eigenvalue weighted by molar-refractivity contribution is 0.413. The molecule has 0 aromatic heterocycles. The van der Waals surface area contributed by atoms with Crippen molar-refractivity contribution in [2.24, 2.45) is 0 Å². The number of methoxy groups -OCH3 is 1. The van der Waals surface area contributed by atoms with Gasteiger partial charge in [0.1, 0.15) is 11.5 Å². The summed E-state index contributed by atoms with van der Waals surface area (Å²) in [6.07, 6.45) is 6.83. The topological polar surface area (TPSA) is 29.5 Å². The van der Waals surface area contributed by atoms with Crippen molar-refractivity contribution in [2.75, 3.05) is 7.11 Å². The maximum absolute atomic E-state index is 9.66. The summed E-state index contributed by atoms with van der Waals surface area (Å²) in [5.41, 5.74) is 5.62. The lowest BCUT2D eigenvalue weighted by Crippen LogP contribution is -2.14. The Hall–Kier alpha value is -1.96. The van der Waals surface area contributed by atoms with Gasteiger partial charge < -0.3 is 9.84 Å². The van der Waals surface area contributed by atoms with Gasteiger partial charge >= 0.3 is 0 Å². The summed E-state index contributed by atoms with van der Waals surface area (Å²) in [6, 6.07) is 12.4. The molecule has 1 aliphatic rings.